The van der Waals surface area contributed by atoms with Gasteiger partial charge in [-0.1, -0.05) is 30.3 Å². The first kappa shape index (κ1) is 26.8. The Morgan fingerprint density at radius 3 is 2.41 bits per heavy atom. The number of hydrogen-bond acceptors (Lipinski definition) is 6. The van der Waals surface area contributed by atoms with Crippen LogP contribution in [0.1, 0.15) is 11.1 Å². The lowest BCUT2D eigenvalue weighted by Crippen LogP contribution is -2.20. The summed E-state index contributed by atoms with van der Waals surface area (Å²) in [5, 5.41) is 18.1. The maximum absolute atomic E-state index is 12.7. The van der Waals surface area contributed by atoms with Gasteiger partial charge in [-0.05, 0) is 42.5 Å². The number of benzene rings is 3. The number of hydrogen-bond donors (Lipinski definition) is 1. The van der Waals surface area contributed by atoms with E-state index in [2.05, 4.69) is 10.4 Å². The minimum Gasteiger partial charge on any atom is -0.452 e. The van der Waals surface area contributed by atoms with Crippen molar-refractivity contribution in [3.63, 3.8) is 0 Å². The van der Waals surface area contributed by atoms with Crippen molar-refractivity contribution in [2.75, 3.05) is 11.9 Å². The number of para-hydroxylation sites is 1. The first-order valence-electron chi connectivity index (χ1n) is 11.3. The Morgan fingerprint density at radius 1 is 1.03 bits per heavy atom. The minimum atomic E-state index is -4.50. The van der Waals surface area contributed by atoms with Crippen molar-refractivity contribution < 1.29 is 32.4 Å². The summed E-state index contributed by atoms with van der Waals surface area (Å²) in [5.41, 5.74) is 1.09. The number of esters is 1. The molecule has 0 aliphatic heterocycles. The summed E-state index contributed by atoms with van der Waals surface area (Å²) in [6.07, 6.45) is -0.406. The van der Waals surface area contributed by atoms with Gasteiger partial charge in [0.05, 0.1) is 16.2 Å². The molecule has 3 aromatic carbocycles. The zero-order valence-electron chi connectivity index (χ0n) is 20.0. The predicted molar refractivity (Wildman–Crippen MR) is 136 cm³/mol. The number of nitro groups is 1. The third-order valence-corrected chi connectivity index (χ3v) is 5.33. The molecule has 198 valence electrons. The smallest absolute Gasteiger partial charge is 0.416 e. The number of aromatic nitrogens is 2. The molecule has 0 spiro atoms. The maximum atomic E-state index is 12.7. The number of alkyl halides is 3. The first-order chi connectivity index (χ1) is 18.6. The number of halogens is 3. The molecule has 9 nitrogen and oxygen atoms in total. The topological polar surface area (TPSA) is 116 Å². The van der Waals surface area contributed by atoms with Crippen LogP contribution in [0, 0.1) is 10.1 Å². The van der Waals surface area contributed by atoms with Crippen LogP contribution in [0.15, 0.2) is 91.1 Å². The van der Waals surface area contributed by atoms with Gasteiger partial charge in [-0.15, -0.1) is 0 Å². The Morgan fingerprint density at radius 2 is 1.74 bits per heavy atom. The standard InChI is InChI=1S/C27H19F3N4O5/c28-27(29,30)20-10-12-21(13-11-20)31-24(35)17-39-25(36)14-9-19-16-33(22-6-2-1-3-7-22)32-26(19)18-5-4-8-23(15-18)34(37)38/h1-16H,17H2,(H,31,35)/b14-9+. The van der Waals surface area contributed by atoms with Gasteiger partial charge in [0.15, 0.2) is 6.61 Å². The molecule has 1 heterocycles. The Hall–Kier alpha value is -5.26. The molecule has 0 aliphatic carbocycles. The second-order valence-corrected chi connectivity index (χ2v) is 8.08. The summed E-state index contributed by atoms with van der Waals surface area (Å²) >= 11 is 0. The second-order valence-electron chi connectivity index (χ2n) is 8.08. The molecule has 0 saturated carbocycles. The summed E-state index contributed by atoms with van der Waals surface area (Å²) in [5.74, 6) is -1.61. The molecule has 0 atom stereocenters. The van der Waals surface area contributed by atoms with E-state index in [-0.39, 0.29) is 11.4 Å². The SMILES string of the molecule is O=C(COC(=O)/C=C/c1cn(-c2ccccc2)nc1-c1cccc([N+](=O)[O-])c1)Nc1ccc(C(F)(F)F)cc1. The number of nitrogens with one attached hydrogen (secondary N) is 1. The number of ether oxygens (including phenoxy) is 1. The summed E-state index contributed by atoms with van der Waals surface area (Å²) in [7, 11) is 0. The van der Waals surface area contributed by atoms with Gasteiger partial charge in [-0.25, -0.2) is 9.48 Å². The van der Waals surface area contributed by atoms with Crippen LogP contribution in [0.5, 0.6) is 0 Å². The maximum Gasteiger partial charge on any atom is 0.416 e. The average molecular weight is 536 g/mol. The number of carbonyl (C=O) groups is 2. The molecule has 39 heavy (non-hydrogen) atoms. The molecule has 1 aromatic heterocycles. The lowest BCUT2D eigenvalue weighted by molar-refractivity contribution is -0.384. The highest BCUT2D eigenvalue weighted by Crippen LogP contribution is 2.30. The zero-order valence-corrected chi connectivity index (χ0v) is 20.0. The van der Waals surface area contributed by atoms with E-state index in [1.54, 1.807) is 29.1 Å². The highest BCUT2D eigenvalue weighted by molar-refractivity contribution is 5.95. The number of rotatable bonds is 8. The monoisotopic (exact) mass is 536 g/mol. The van der Waals surface area contributed by atoms with Crippen LogP contribution < -0.4 is 5.32 Å². The van der Waals surface area contributed by atoms with E-state index in [4.69, 9.17) is 4.74 Å². The van der Waals surface area contributed by atoms with Crippen LogP contribution in [0.3, 0.4) is 0 Å². The normalized spacial score (nSPS) is 11.4. The molecule has 0 bridgehead atoms. The van der Waals surface area contributed by atoms with Gasteiger partial charge < -0.3 is 10.1 Å². The number of non-ortho nitro benzene ring substituents is 1. The van der Waals surface area contributed by atoms with E-state index in [1.807, 2.05) is 18.2 Å². The number of amides is 1. The van der Waals surface area contributed by atoms with Crippen molar-refractivity contribution in [1.29, 1.82) is 0 Å². The number of nitrogens with zero attached hydrogens (tertiary/aromatic N) is 3. The summed E-state index contributed by atoms with van der Waals surface area (Å²) in [6.45, 7) is -0.675. The lowest BCUT2D eigenvalue weighted by atomic mass is 10.1. The third kappa shape index (κ3) is 6.95. The predicted octanol–water partition coefficient (Wildman–Crippen LogP) is 5.66. The van der Waals surface area contributed by atoms with Gasteiger partial charge in [-0.2, -0.15) is 18.3 Å². The lowest BCUT2D eigenvalue weighted by Gasteiger charge is -2.08. The number of anilines is 1. The molecular formula is C27H19F3N4O5. The summed E-state index contributed by atoms with van der Waals surface area (Å²) < 4.78 is 44.5. The molecule has 0 fully saturated rings. The van der Waals surface area contributed by atoms with E-state index in [0.29, 0.717) is 22.5 Å². The largest absolute Gasteiger partial charge is 0.452 e. The fraction of sp³-hybridized carbons (Fsp3) is 0.0741. The molecule has 4 rings (SSSR count). The van der Waals surface area contributed by atoms with E-state index >= 15 is 0 Å². The molecule has 0 aliphatic rings. The molecule has 12 heteroatoms. The van der Waals surface area contributed by atoms with Crippen molar-refractivity contribution in [3.05, 3.63) is 112 Å². The van der Waals surface area contributed by atoms with Crippen molar-refractivity contribution >= 4 is 29.3 Å². The van der Waals surface area contributed by atoms with Gasteiger partial charge in [0, 0.05) is 41.2 Å². The summed E-state index contributed by atoms with van der Waals surface area (Å²) in [4.78, 5) is 35.0. The summed E-state index contributed by atoms with van der Waals surface area (Å²) in [6, 6.07) is 18.8. The van der Waals surface area contributed by atoms with Crippen LogP contribution in [0.2, 0.25) is 0 Å². The van der Waals surface area contributed by atoms with Gasteiger partial charge in [0.2, 0.25) is 0 Å². The minimum absolute atomic E-state index is 0.106. The molecule has 0 unspecified atom stereocenters. The van der Waals surface area contributed by atoms with Crippen molar-refractivity contribution in [2.45, 2.75) is 6.18 Å². The molecule has 0 saturated heterocycles. The fourth-order valence-corrected chi connectivity index (χ4v) is 3.50. The molecule has 0 radical (unpaired) electrons. The van der Waals surface area contributed by atoms with Crippen LogP contribution in [-0.2, 0) is 20.5 Å². The molecule has 4 aromatic rings. The van der Waals surface area contributed by atoms with E-state index in [9.17, 15) is 32.9 Å². The Bertz CT molecular complexity index is 1530. The van der Waals surface area contributed by atoms with Gasteiger partial charge in [0.1, 0.15) is 5.69 Å². The highest BCUT2D eigenvalue weighted by atomic mass is 19.4. The van der Waals surface area contributed by atoms with Crippen LogP contribution >= 0.6 is 0 Å². The zero-order chi connectivity index (χ0) is 28.0. The third-order valence-electron chi connectivity index (χ3n) is 5.33. The van der Waals surface area contributed by atoms with Crippen molar-refractivity contribution in [1.82, 2.24) is 9.78 Å². The molecule has 1 amide bonds. The van der Waals surface area contributed by atoms with Gasteiger partial charge in [-0.3, -0.25) is 14.9 Å². The second kappa shape index (κ2) is 11.4. The average Bonchev–Trinajstić information content (AvgIpc) is 3.35. The molecule has 1 N–H and O–H groups in total. The Labute approximate surface area is 219 Å². The van der Waals surface area contributed by atoms with Crippen molar-refractivity contribution in [2.24, 2.45) is 0 Å². The first-order valence-corrected chi connectivity index (χ1v) is 11.3. The van der Waals surface area contributed by atoms with Gasteiger partial charge >= 0.3 is 12.1 Å². The quantitative estimate of drug-likeness (QED) is 0.134. The highest BCUT2D eigenvalue weighted by Gasteiger charge is 2.30. The number of carbonyl (C=O) groups excluding carboxylic acids is 2. The van der Waals surface area contributed by atoms with Crippen LogP contribution in [-0.4, -0.2) is 33.2 Å². The van der Waals surface area contributed by atoms with E-state index < -0.39 is 35.1 Å². The Kier molecular flexibility index (Phi) is 7.85. The van der Waals surface area contributed by atoms with Crippen LogP contribution in [0.25, 0.3) is 23.0 Å². The number of nitro benzene ring substituents is 1. The molecular weight excluding hydrogens is 517 g/mol. The van der Waals surface area contributed by atoms with E-state index in [1.165, 1.54) is 24.3 Å². The Balaban J connectivity index is 1.46. The van der Waals surface area contributed by atoms with Crippen LogP contribution in [0.4, 0.5) is 24.5 Å². The van der Waals surface area contributed by atoms with Gasteiger partial charge in [0.25, 0.3) is 11.6 Å². The van der Waals surface area contributed by atoms with E-state index in [0.717, 1.165) is 30.3 Å². The van der Waals surface area contributed by atoms with Crippen molar-refractivity contribution in [3.8, 4) is 16.9 Å². The fourth-order valence-electron chi connectivity index (χ4n) is 3.50.